The Bertz CT molecular complexity index is 819. The second kappa shape index (κ2) is 5.50. The Morgan fingerprint density at radius 2 is 1.90 bits per heavy atom. The van der Waals surface area contributed by atoms with Crippen molar-refractivity contribution < 1.29 is 8.91 Å². The van der Waals surface area contributed by atoms with E-state index >= 15 is 0 Å². The molecule has 1 aromatic heterocycles. The van der Waals surface area contributed by atoms with Gasteiger partial charge in [0.1, 0.15) is 5.82 Å². The maximum Gasteiger partial charge on any atom is 0.179 e. The molecule has 3 aromatic rings. The van der Waals surface area contributed by atoms with Gasteiger partial charge in [-0.2, -0.15) is 0 Å². The van der Waals surface area contributed by atoms with Crippen LogP contribution in [0.15, 0.2) is 51.5 Å². The molecule has 0 spiro atoms. The Balaban J connectivity index is 2.27. The molecule has 0 amide bonds. The molecule has 1 heterocycles. The average molecular weight is 368 g/mol. The smallest absolute Gasteiger partial charge is 0.179 e. The van der Waals surface area contributed by atoms with Crippen molar-refractivity contribution in [2.45, 2.75) is 0 Å². The van der Waals surface area contributed by atoms with Gasteiger partial charge < -0.3 is 10.3 Å². The summed E-state index contributed by atoms with van der Waals surface area (Å²) in [5.41, 5.74) is 7.41. The highest BCUT2D eigenvalue weighted by molar-refractivity contribution is 9.10. The molecule has 0 aliphatic carbocycles. The molecular weight excluding hydrogens is 359 g/mol. The number of halogens is 3. The van der Waals surface area contributed by atoms with Crippen LogP contribution < -0.4 is 5.73 Å². The van der Waals surface area contributed by atoms with E-state index < -0.39 is 5.82 Å². The van der Waals surface area contributed by atoms with Gasteiger partial charge >= 0.3 is 0 Å². The molecule has 0 saturated heterocycles. The van der Waals surface area contributed by atoms with Gasteiger partial charge in [0.25, 0.3) is 0 Å². The van der Waals surface area contributed by atoms with Crippen LogP contribution in [0.1, 0.15) is 0 Å². The van der Waals surface area contributed by atoms with Gasteiger partial charge in [-0.05, 0) is 24.3 Å². The normalized spacial score (nSPS) is 10.8. The number of hydrogen-bond donors (Lipinski definition) is 1. The Morgan fingerprint density at radius 1 is 1.14 bits per heavy atom. The summed E-state index contributed by atoms with van der Waals surface area (Å²) in [6.07, 6.45) is 0. The van der Waals surface area contributed by atoms with Crippen molar-refractivity contribution in [1.29, 1.82) is 0 Å². The molecule has 3 nitrogen and oxygen atoms in total. The van der Waals surface area contributed by atoms with Crippen LogP contribution in [-0.4, -0.2) is 5.16 Å². The zero-order valence-corrected chi connectivity index (χ0v) is 13.0. The van der Waals surface area contributed by atoms with Gasteiger partial charge in [-0.1, -0.05) is 50.9 Å². The molecule has 6 heteroatoms. The Hall–Kier alpha value is -1.85. The molecule has 0 atom stereocenters. The number of nitrogen functional groups attached to an aromatic ring is 1. The van der Waals surface area contributed by atoms with E-state index in [1.807, 2.05) is 24.3 Å². The molecule has 0 saturated carbocycles. The third kappa shape index (κ3) is 2.54. The fourth-order valence-corrected chi connectivity index (χ4v) is 2.74. The van der Waals surface area contributed by atoms with Crippen LogP contribution in [-0.2, 0) is 0 Å². The second-order valence-corrected chi connectivity index (χ2v) is 5.67. The summed E-state index contributed by atoms with van der Waals surface area (Å²) in [5.74, 6) is -0.0143. The largest absolute Gasteiger partial charge is 0.380 e. The van der Waals surface area contributed by atoms with Gasteiger partial charge in [0.15, 0.2) is 11.6 Å². The van der Waals surface area contributed by atoms with Crippen molar-refractivity contribution in [3.63, 3.8) is 0 Å². The minimum atomic E-state index is -0.455. The van der Waals surface area contributed by atoms with E-state index in [9.17, 15) is 4.39 Å². The summed E-state index contributed by atoms with van der Waals surface area (Å²) in [6, 6.07) is 11.7. The topological polar surface area (TPSA) is 52.0 Å². The summed E-state index contributed by atoms with van der Waals surface area (Å²) in [4.78, 5) is 0. The summed E-state index contributed by atoms with van der Waals surface area (Å²) in [5, 5.41) is 4.16. The quantitative estimate of drug-likeness (QED) is 0.682. The minimum absolute atomic E-state index is 0.191. The molecular formula is C15H9BrClFN2O. The van der Waals surface area contributed by atoms with Crippen LogP contribution in [0.5, 0.6) is 0 Å². The molecule has 0 radical (unpaired) electrons. The highest BCUT2D eigenvalue weighted by atomic mass is 79.9. The lowest BCUT2D eigenvalue weighted by molar-refractivity contribution is 0.433. The predicted molar refractivity (Wildman–Crippen MR) is 84.5 cm³/mol. The number of benzene rings is 2. The van der Waals surface area contributed by atoms with Crippen molar-refractivity contribution in [3.05, 3.63) is 57.8 Å². The SMILES string of the molecule is Nc1noc(-c2cc(Cl)ccc2F)c1-c1ccccc1Br. The molecule has 106 valence electrons. The monoisotopic (exact) mass is 366 g/mol. The third-order valence-corrected chi connectivity index (χ3v) is 3.96. The molecule has 0 aliphatic rings. The lowest BCUT2D eigenvalue weighted by atomic mass is 10.0. The zero-order valence-electron chi connectivity index (χ0n) is 10.6. The maximum atomic E-state index is 14.1. The van der Waals surface area contributed by atoms with Crippen LogP contribution in [0, 0.1) is 5.82 Å². The van der Waals surface area contributed by atoms with E-state index in [1.54, 1.807) is 0 Å². The molecule has 3 rings (SSSR count). The number of hydrogen-bond acceptors (Lipinski definition) is 3. The number of nitrogens with two attached hydrogens (primary N) is 1. The summed E-state index contributed by atoms with van der Waals surface area (Å²) < 4.78 is 20.1. The van der Waals surface area contributed by atoms with E-state index in [-0.39, 0.29) is 17.1 Å². The zero-order chi connectivity index (χ0) is 15.0. The standard InChI is InChI=1S/C15H9BrClFN2O/c16-11-4-2-1-3-9(11)13-14(21-20-15(13)19)10-7-8(17)5-6-12(10)18/h1-7H,(H2,19,20). The van der Waals surface area contributed by atoms with Crippen molar-refractivity contribution in [1.82, 2.24) is 5.16 Å². The fourth-order valence-electron chi connectivity index (χ4n) is 2.08. The Kier molecular flexibility index (Phi) is 3.69. The first-order valence-corrected chi connectivity index (χ1v) is 7.20. The van der Waals surface area contributed by atoms with Crippen molar-refractivity contribution in [3.8, 4) is 22.5 Å². The fraction of sp³-hybridized carbons (Fsp3) is 0. The number of aromatic nitrogens is 1. The number of rotatable bonds is 2. The number of nitrogens with zero attached hydrogens (tertiary/aromatic N) is 1. The van der Waals surface area contributed by atoms with Gasteiger partial charge in [0.2, 0.25) is 0 Å². The molecule has 0 bridgehead atoms. The van der Waals surface area contributed by atoms with E-state index in [1.165, 1.54) is 18.2 Å². The Labute approximate surface area is 133 Å². The van der Waals surface area contributed by atoms with Crippen LogP contribution in [0.3, 0.4) is 0 Å². The third-order valence-electron chi connectivity index (χ3n) is 3.03. The second-order valence-electron chi connectivity index (χ2n) is 4.38. The van der Waals surface area contributed by atoms with E-state index in [0.717, 1.165) is 10.0 Å². The summed E-state index contributed by atoms with van der Waals surface area (Å²) >= 11 is 9.38. The molecule has 0 aliphatic heterocycles. The van der Waals surface area contributed by atoms with Crippen LogP contribution >= 0.6 is 27.5 Å². The van der Waals surface area contributed by atoms with Crippen LogP contribution in [0.2, 0.25) is 5.02 Å². The average Bonchev–Trinajstić information content (AvgIpc) is 2.84. The summed E-state index contributed by atoms with van der Waals surface area (Å²) in [7, 11) is 0. The predicted octanol–water partition coefficient (Wildman–Crippen LogP) is 5.15. The highest BCUT2D eigenvalue weighted by Gasteiger charge is 2.22. The van der Waals surface area contributed by atoms with E-state index in [2.05, 4.69) is 21.1 Å². The Morgan fingerprint density at radius 3 is 2.67 bits per heavy atom. The van der Waals surface area contributed by atoms with Gasteiger partial charge in [-0.3, -0.25) is 0 Å². The molecule has 2 N–H and O–H groups in total. The van der Waals surface area contributed by atoms with Crippen molar-refractivity contribution in [2.24, 2.45) is 0 Å². The highest BCUT2D eigenvalue weighted by Crippen LogP contribution is 2.41. The van der Waals surface area contributed by atoms with E-state index in [4.69, 9.17) is 21.9 Å². The van der Waals surface area contributed by atoms with Crippen molar-refractivity contribution >= 4 is 33.3 Å². The van der Waals surface area contributed by atoms with Gasteiger partial charge in [0.05, 0.1) is 11.1 Å². The van der Waals surface area contributed by atoms with Crippen molar-refractivity contribution in [2.75, 3.05) is 5.73 Å². The first kappa shape index (κ1) is 14.1. The molecule has 0 fully saturated rings. The number of anilines is 1. The minimum Gasteiger partial charge on any atom is -0.380 e. The lowest BCUT2D eigenvalue weighted by Gasteiger charge is -2.06. The first-order chi connectivity index (χ1) is 10.1. The lowest BCUT2D eigenvalue weighted by Crippen LogP contribution is -1.91. The summed E-state index contributed by atoms with van der Waals surface area (Å²) in [6.45, 7) is 0. The van der Waals surface area contributed by atoms with Gasteiger partial charge in [0, 0.05) is 15.1 Å². The van der Waals surface area contributed by atoms with Crippen LogP contribution in [0.25, 0.3) is 22.5 Å². The van der Waals surface area contributed by atoms with E-state index in [0.29, 0.717) is 10.6 Å². The van der Waals surface area contributed by atoms with Crippen LogP contribution in [0.4, 0.5) is 10.2 Å². The maximum absolute atomic E-state index is 14.1. The molecule has 0 unspecified atom stereocenters. The molecule has 2 aromatic carbocycles. The molecule has 21 heavy (non-hydrogen) atoms. The first-order valence-electron chi connectivity index (χ1n) is 6.03. The van der Waals surface area contributed by atoms with Gasteiger partial charge in [-0.15, -0.1) is 0 Å². The van der Waals surface area contributed by atoms with Gasteiger partial charge in [-0.25, -0.2) is 4.39 Å².